The summed E-state index contributed by atoms with van der Waals surface area (Å²) >= 11 is 0. The number of esters is 1. The molecule has 3 heteroatoms. The highest BCUT2D eigenvalue weighted by atomic mass is 16.6. The predicted octanol–water partition coefficient (Wildman–Crippen LogP) is 6.48. The van der Waals surface area contributed by atoms with Crippen LogP contribution in [-0.2, 0) is 9.53 Å². The minimum atomic E-state index is -0.619. The van der Waals surface area contributed by atoms with Gasteiger partial charge < -0.3 is 4.74 Å². The van der Waals surface area contributed by atoms with Crippen molar-refractivity contribution in [2.75, 3.05) is 0 Å². The van der Waals surface area contributed by atoms with Crippen LogP contribution in [0.5, 0.6) is 0 Å². The molecule has 0 unspecified atom stereocenters. The zero-order valence-electron chi connectivity index (χ0n) is 18.7. The molecule has 0 heterocycles. The number of rotatable bonds is 7. The molecule has 0 radical (unpaired) electrons. The van der Waals surface area contributed by atoms with E-state index in [1.54, 1.807) is 0 Å². The minimum absolute atomic E-state index is 0.0124. The van der Waals surface area contributed by atoms with Gasteiger partial charge in [-0.1, -0.05) is 90.5 Å². The van der Waals surface area contributed by atoms with Gasteiger partial charge in [0.05, 0.1) is 5.92 Å². The minimum Gasteiger partial charge on any atom is -0.459 e. The van der Waals surface area contributed by atoms with Crippen molar-refractivity contribution < 1.29 is 14.3 Å². The van der Waals surface area contributed by atoms with Gasteiger partial charge in [0.2, 0.25) is 0 Å². The van der Waals surface area contributed by atoms with Gasteiger partial charge in [-0.25, -0.2) is 0 Å². The largest absolute Gasteiger partial charge is 0.459 e. The van der Waals surface area contributed by atoms with E-state index in [-0.39, 0.29) is 24.1 Å². The Labute approximate surface area is 185 Å². The van der Waals surface area contributed by atoms with Crippen LogP contribution in [0, 0.1) is 6.92 Å². The maximum Gasteiger partial charge on any atom is 0.314 e. The van der Waals surface area contributed by atoms with Gasteiger partial charge in [-0.3, -0.25) is 9.59 Å². The number of hydrogen-bond donors (Lipinski definition) is 0. The Hall–Kier alpha value is -3.20. The van der Waals surface area contributed by atoms with Crippen molar-refractivity contribution >= 4 is 11.8 Å². The molecule has 0 N–H and O–H groups in total. The molecule has 0 bridgehead atoms. The summed E-state index contributed by atoms with van der Waals surface area (Å²) in [7, 11) is 0. The smallest absolute Gasteiger partial charge is 0.314 e. The number of hydrogen-bond acceptors (Lipinski definition) is 3. The second kappa shape index (κ2) is 9.74. The van der Waals surface area contributed by atoms with Crippen molar-refractivity contribution in [1.29, 1.82) is 0 Å². The molecule has 160 valence electrons. The molecule has 0 aromatic heterocycles. The molecular formula is C28H30O3. The molecule has 2 atom stereocenters. The van der Waals surface area contributed by atoms with Gasteiger partial charge in [-0.2, -0.15) is 0 Å². The normalized spacial score (nSPS) is 13.3. The Bertz CT molecular complexity index is 1000. The summed E-state index contributed by atoms with van der Waals surface area (Å²) in [5.74, 6) is -1.23. The van der Waals surface area contributed by atoms with Crippen LogP contribution in [0.3, 0.4) is 0 Å². The molecule has 0 spiro atoms. The fourth-order valence-electron chi connectivity index (χ4n) is 3.74. The molecule has 0 aliphatic carbocycles. The summed E-state index contributed by atoms with van der Waals surface area (Å²) in [4.78, 5) is 26.6. The highest BCUT2D eigenvalue weighted by Gasteiger charge is 2.36. The third-order valence-corrected chi connectivity index (χ3v) is 5.23. The lowest BCUT2D eigenvalue weighted by Gasteiger charge is -2.30. The van der Waals surface area contributed by atoms with Gasteiger partial charge in [-0.15, -0.1) is 0 Å². The van der Waals surface area contributed by atoms with Crippen molar-refractivity contribution in [2.45, 2.75) is 51.6 Å². The monoisotopic (exact) mass is 414 g/mol. The molecule has 0 saturated heterocycles. The molecule has 0 aliphatic heterocycles. The first-order valence-electron chi connectivity index (χ1n) is 10.7. The number of Topliss-reactive ketones (excluding diaryl/α,β-unsaturated/α-hetero) is 1. The standard InChI is InChI=1S/C28H30O3/c1-20-15-17-22(18-16-20)25(29)19-24(21-11-7-5-8-12-21)26(23-13-9-6-10-14-23)27(30)31-28(2,3)4/h5-18,24,26H,19H2,1-4H3/t24-,26+/m0/s1. The maximum absolute atomic E-state index is 13.4. The Morgan fingerprint density at radius 1 is 0.774 bits per heavy atom. The van der Waals surface area contributed by atoms with E-state index < -0.39 is 11.5 Å². The van der Waals surface area contributed by atoms with E-state index in [2.05, 4.69) is 0 Å². The first-order valence-corrected chi connectivity index (χ1v) is 10.7. The van der Waals surface area contributed by atoms with Gasteiger partial charge in [0.1, 0.15) is 5.60 Å². The molecule has 31 heavy (non-hydrogen) atoms. The number of carbonyl (C=O) groups is 2. The predicted molar refractivity (Wildman–Crippen MR) is 124 cm³/mol. The second-order valence-corrected chi connectivity index (χ2v) is 8.93. The molecule has 0 fully saturated rings. The van der Waals surface area contributed by atoms with E-state index in [9.17, 15) is 9.59 Å². The van der Waals surface area contributed by atoms with Gasteiger partial charge in [0.25, 0.3) is 0 Å². The van der Waals surface area contributed by atoms with E-state index in [4.69, 9.17) is 4.74 Å². The van der Waals surface area contributed by atoms with Crippen LogP contribution < -0.4 is 0 Å². The van der Waals surface area contributed by atoms with E-state index >= 15 is 0 Å². The number of carbonyl (C=O) groups excluding carboxylic acids is 2. The fraction of sp³-hybridized carbons (Fsp3) is 0.286. The van der Waals surface area contributed by atoms with Gasteiger partial charge >= 0.3 is 5.97 Å². The molecule has 3 rings (SSSR count). The number of benzene rings is 3. The molecule has 3 aromatic carbocycles. The van der Waals surface area contributed by atoms with Crippen molar-refractivity contribution in [3.63, 3.8) is 0 Å². The Morgan fingerprint density at radius 2 is 1.29 bits per heavy atom. The van der Waals surface area contributed by atoms with Crippen LogP contribution >= 0.6 is 0 Å². The summed E-state index contributed by atoms with van der Waals surface area (Å²) in [6, 6.07) is 27.0. The highest BCUT2D eigenvalue weighted by molar-refractivity contribution is 5.97. The van der Waals surface area contributed by atoms with Crippen molar-refractivity contribution in [3.05, 3.63) is 107 Å². The first kappa shape index (κ1) is 22.5. The van der Waals surface area contributed by atoms with Crippen LogP contribution in [0.2, 0.25) is 0 Å². The van der Waals surface area contributed by atoms with Gasteiger partial charge in [0.15, 0.2) is 5.78 Å². The Kier molecular flexibility index (Phi) is 7.06. The lowest BCUT2D eigenvalue weighted by atomic mass is 9.77. The van der Waals surface area contributed by atoms with Crippen molar-refractivity contribution in [3.8, 4) is 0 Å². The SMILES string of the molecule is Cc1ccc(C(=O)C[C@@H](c2ccccc2)[C@H](C(=O)OC(C)(C)C)c2ccccc2)cc1. The summed E-state index contributed by atoms with van der Waals surface area (Å²) in [6.45, 7) is 7.58. The lowest BCUT2D eigenvalue weighted by molar-refractivity contribution is -0.157. The van der Waals surface area contributed by atoms with Crippen LogP contribution in [-0.4, -0.2) is 17.4 Å². The van der Waals surface area contributed by atoms with Crippen LogP contribution in [0.25, 0.3) is 0 Å². The molecule has 0 amide bonds. The molecule has 0 saturated carbocycles. The van der Waals surface area contributed by atoms with Crippen LogP contribution in [0.4, 0.5) is 0 Å². The maximum atomic E-state index is 13.4. The molecular weight excluding hydrogens is 384 g/mol. The Balaban J connectivity index is 2.04. The van der Waals surface area contributed by atoms with E-state index in [0.717, 1.165) is 16.7 Å². The van der Waals surface area contributed by atoms with Crippen molar-refractivity contribution in [1.82, 2.24) is 0 Å². The average molecular weight is 415 g/mol. The van der Waals surface area contributed by atoms with E-state index in [0.29, 0.717) is 5.56 Å². The molecule has 3 aromatic rings. The number of ether oxygens (including phenoxy) is 1. The van der Waals surface area contributed by atoms with Crippen LogP contribution in [0.1, 0.15) is 66.1 Å². The van der Waals surface area contributed by atoms with Gasteiger partial charge in [-0.05, 0) is 38.8 Å². The summed E-state index contributed by atoms with van der Waals surface area (Å²) in [6.07, 6.45) is 0.214. The third kappa shape index (κ3) is 6.14. The summed E-state index contributed by atoms with van der Waals surface area (Å²) in [5.41, 5.74) is 2.94. The van der Waals surface area contributed by atoms with Crippen LogP contribution in [0.15, 0.2) is 84.9 Å². The Morgan fingerprint density at radius 3 is 1.81 bits per heavy atom. The van der Waals surface area contributed by atoms with E-state index in [1.807, 2.05) is 113 Å². The van der Waals surface area contributed by atoms with Gasteiger partial charge in [0, 0.05) is 17.9 Å². The third-order valence-electron chi connectivity index (χ3n) is 5.23. The lowest BCUT2D eigenvalue weighted by Crippen LogP contribution is -2.31. The second-order valence-electron chi connectivity index (χ2n) is 8.93. The summed E-state index contributed by atoms with van der Waals surface area (Å²) < 4.78 is 5.81. The quantitative estimate of drug-likeness (QED) is 0.328. The molecule has 3 nitrogen and oxygen atoms in total. The first-order chi connectivity index (χ1) is 14.7. The van der Waals surface area contributed by atoms with Crippen molar-refractivity contribution in [2.24, 2.45) is 0 Å². The van der Waals surface area contributed by atoms with E-state index in [1.165, 1.54) is 0 Å². The number of aryl methyl sites for hydroxylation is 1. The zero-order chi connectivity index (χ0) is 22.4. The average Bonchev–Trinajstić information content (AvgIpc) is 2.74. The fourth-order valence-corrected chi connectivity index (χ4v) is 3.74. The number of ketones is 1. The molecule has 0 aliphatic rings. The summed E-state index contributed by atoms with van der Waals surface area (Å²) in [5, 5.41) is 0. The zero-order valence-corrected chi connectivity index (χ0v) is 18.7. The topological polar surface area (TPSA) is 43.4 Å². The highest BCUT2D eigenvalue weighted by Crippen LogP contribution is 2.38.